The lowest BCUT2D eigenvalue weighted by atomic mass is 9.97. The number of aryl methyl sites for hydroxylation is 1. The molecule has 1 N–H and O–H groups in total. The summed E-state index contributed by atoms with van der Waals surface area (Å²) in [4.78, 5) is 18.3. The first-order valence-electron chi connectivity index (χ1n) is 13.9. The zero-order valence-corrected chi connectivity index (χ0v) is 24.9. The second-order valence-electron chi connectivity index (χ2n) is 10.0. The molecule has 0 radical (unpaired) electrons. The molecule has 0 aliphatic rings. The molecule has 0 unspecified atom stereocenters. The van der Waals surface area contributed by atoms with Crippen molar-refractivity contribution in [2.24, 2.45) is 0 Å². The number of carbonyl (C=O) groups excluding carboxylic acids is 1. The molecule has 222 valence electrons. The third-order valence-electron chi connectivity index (χ3n) is 7.19. The van der Waals surface area contributed by atoms with Crippen LogP contribution in [0.25, 0.3) is 22.5 Å². The lowest BCUT2D eigenvalue weighted by Gasteiger charge is -2.15. The number of ether oxygens (including phenoxy) is 2. The van der Waals surface area contributed by atoms with Crippen LogP contribution in [-0.4, -0.2) is 50.2 Å². The highest BCUT2D eigenvalue weighted by atomic mass is 35.5. The molecule has 0 saturated carbocycles. The molecule has 0 aliphatic heterocycles. The van der Waals surface area contributed by atoms with Gasteiger partial charge >= 0.3 is 0 Å². The zero-order valence-electron chi connectivity index (χ0n) is 24.2. The number of halogens is 1. The molecule has 12 heteroatoms. The van der Waals surface area contributed by atoms with E-state index in [0.717, 1.165) is 35.1 Å². The number of Topliss-reactive ketones (excluding diaryl/α,β-unsaturated/α-hetero) is 1. The van der Waals surface area contributed by atoms with Gasteiger partial charge in [0.1, 0.15) is 11.5 Å². The van der Waals surface area contributed by atoms with Crippen molar-refractivity contribution in [3.63, 3.8) is 0 Å². The number of hydrogen-bond acceptors (Lipinski definition) is 8. The molecule has 0 fully saturated rings. The van der Waals surface area contributed by atoms with Crippen LogP contribution < -0.4 is 4.73 Å². The number of H-pyrrole nitrogens is 1. The SMILES string of the molecule is CCCCc1nc(Cl)c(C(=O)Cc2ccc(C(OC)OC)c[n+]2[O-])n1Cc1ccc(-c2ccccc2)c(-c2nnn[nH]2)c1. The molecule has 0 saturated heterocycles. The van der Waals surface area contributed by atoms with Gasteiger partial charge in [-0.15, -0.1) is 5.10 Å². The number of rotatable bonds is 13. The molecule has 0 spiro atoms. The van der Waals surface area contributed by atoms with E-state index in [1.54, 1.807) is 12.1 Å². The van der Waals surface area contributed by atoms with Crippen LogP contribution in [0.5, 0.6) is 0 Å². The standard InChI is InChI=1S/C31H32ClN7O4/c1-4-5-11-27-33-29(32)28(26(40)17-23-14-13-22(19-39(23)41)31(42-2)43-3)38(27)18-20-12-15-24(21-9-7-6-8-10-21)25(16-20)30-34-36-37-35-30/h6-10,12-16,19,31H,4-5,11,17-18H2,1-3H3,(H,34,35,36,37). The van der Waals surface area contributed by atoms with Crippen molar-refractivity contribution in [1.29, 1.82) is 0 Å². The minimum absolute atomic E-state index is 0.115. The van der Waals surface area contributed by atoms with Crippen LogP contribution in [0.3, 0.4) is 0 Å². The first kappa shape index (κ1) is 30.0. The van der Waals surface area contributed by atoms with E-state index in [0.29, 0.717) is 34.9 Å². The van der Waals surface area contributed by atoms with Crippen LogP contribution in [0.15, 0.2) is 66.9 Å². The fourth-order valence-corrected chi connectivity index (χ4v) is 5.36. The van der Waals surface area contributed by atoms with Crippen molar-refractivity contribution in [2.45, 2.75) is 45.4 Å². The molecule has 3 aromatic heterocycles. The smallest absolute Gasteiger partial charge is 0.200 e. The maximum absolute atomic E-state index is 13.7. The number of aromatic nitrogens is 7. The number of ketones is 1. The summed E-state index contributed by atoms with van der Waals surface area (Å²) in [6, 6.07) is 19.3. The van der Waals surface area contributed by atoms with Crippen LogP contribution in [0.2, 0.25) is 5.15 Å². The largest absolute Gasteiger partial charge is 0.618 e. The number of unbranched alkanes of at least 4 members (excludes halogenated alkanes) is 1. The Kier molecular flexibility index (Phi) is 9.55. The maximum Gasteiger partial charge on any atom is 0.200 e. The summed E-state index contributed by atoms with van der Waals surface area (Å²) in [7, 11) is 2.97. The predicted octanol–water partition coefficient (Wildman–Crippen LogP) is 5.12. The van der Waals surface area contributed by atoms with Gasteiger partial charge in [-0.1, -0.05) is 67.4 Å². The van der Waals surface area contributed by atoms with Crippen LogP contribution in [0.1, 0.15) is 59.2 Å². The number of hydrogen-bond donors (Lipinski definition) is 1. The third-order valence-corrected chi connectivity index (χ3v) is 7.46. The van der Waals surface area contributed by atoms with Gasteiger partial charge in [-0.2, -0.15) is 4.73 Å². The molecule has 43 heavy (non-hydrogen) atoms. The van der Waals surface area contributed by atoms with E-state index in [9.17, 15) is 10.0 Å². The fraction of sp³-hybridized carbons (Fsp3) is 0.290. The Morgan fingerprint density at radius 1 is 1.09 bits per heavy atom. The monoisotopic (exact) mass is 601 g/mol. The lowest BCUT2D eigenvalue weighted by Crippen LogP contribution is -2.34. The first-order chi connectivity index (χ1) is 20.9. The molecule has 5 aromatic rings. The minimum atomic E-state index is -0.687. The highest BCUT2D eigenvalue weighted by Gasteiger charge is 2.25. The van der Waals surface area contributed by atoms with E-state index in [2.05, 4.69) is 32.5 Å². The summed E-state index contributed by atoms with van der Waals surface area (Å²) >= 11 is 6.62. The molecule has 3 heterocycles. The van der Waals surface area contributed by atoms with E-state index >= 15 is 0 Å². The van der Waals surface area contributed by atoms with Crippen molar-refractivity contribution in [3.05, 3.63) is 106 Å². The highest BCUT2D eigenvalue weighted by Crippen LogP contribution is 2.32. The van der Waals surface area contributed by atoms with Gasteiger partial charge in [0, 0.05) is 38.8 Å². The Labute approximate surface area is 254 Å². The molecule has 0 aliphatic carbocycles. The van der Waals surface area contributed by atoms with Crippen molar-refractivity contribution < 1.29 is 19.0 Å². The summed E-state index contributed by atoms with van der Waals surface area (Å²) < 4.78 is 13.0. The van der Waals surface area contributed by atoms with Gasteiger partial charge in [0.05, 0.1) is 12.0 Å². The van der Waals surface area contributed by atoms with Crippen LogP contribution in [0.4, 0.5) is 0 Å². The second kappa shape index (κ2) is 13.7. The fourth-order valence-electron chi connectivity index (χ4n) is 5.06. The van der Waals surface area contributed by atoms with Gasteiger partial charge < -0.3 is 19.2 Å². The van der Waals surface area contributed by atoms with Crippen LogP contribution >= 0.6 is 11.6 Å². The summed E-state index contributed by atoms with van der Waals surface area (Å²) in [5.41, 5.74) is 4.77. The number of nitrogens with one attached hydrogen (secondary N) is 1. The van der Waals surface area contributed by atoms with Gasteiger partial charge in [-0.25, -0.2) is 10.1 Å². The summed E-state index contributed by atoms with van der Waals surface area (Å²) in [6.07, 6.45) is 2.98. The number of nitrogens with zero attached hydrogens (tertiary/aromatic N) is 6. The highest BCUT2D eigenvalue weighted by molar-refractivity contribution is 6.32. The average Bonchev–Trinajstić information content (AvgIpc) is 3.66. The number of carbonyl (C=O) groups is 1. The van der Waals surface area contributed by atoms with Crippen molar-refractivity contribution in [3.8, 4) is 22.5 Å². The van der Waals surface area contributed by atoms with Gasteiger partial charge in [0.2, 0.25) is 5.69 Å². The van der Waals surface area contributed by atoms with Gasteiger partial charge in [0.25, 0.3) is 0 Å². The van der Waals surface area contributed by atoms with Crippen LogP contribution in [0, 0.1) is 5.21 Å². The normalized spacial score (nSPS) is 11.4. The van der Waals surface area contributed by atoms with Crippen molar-refractivity contribution >= 4 is 17.4 Å². The average molecular weight is 602 g/mol. The van der Waals surface area contributed by atoms with Crippen LogP contribution in [-0.2, 0) is 28.9 Å². The summed E-state index contributed by atoms with van der Waals surface area (Å²) in [6.45, 7) is 2.43. The third kappa shape index (κ3) is 6.64. The van der Waals surface area contributed by atoms with Crippen molar-refractivity contribution in [1.82, 2.24) is 30.2 Å². The molecular formula is C31H32ClN7O4. The summed E-state index contributed by atoms with van der Waals surface area (Å²) in [5, 5.41) is 27.5. The molecular weight excluding hydrogens is 570 g/mol. The minimum Gasteiger partial charge on any atom is -0.618 e. The topological polar surface area (TPSA) is 135 Å². The Balaban J connectivity index is 1.50. The number of pyridine rings is 1. The van der Waals surface area contributed by atoms with Gasteiger partial charge in [0.15, 0.2) is 29.2 Å². The van der Waals surface area contributed by atoms with E-state index in [1.165, 1.54) is 20.4 Å². The number of imidazole rings is 1. The maximum atomic E-state index is 13.7. The van der Waals surface area contributed by atoms with E-state index in [1.807, 2.05) is 53.1 Å². The summed E-state index contributed by atoms with van der Waals surface area (Å²) in [5.74, 6) is 0.922. The van der Waals surface area contributed by atoms with E-state index < -0.39 is 6.29 Å². The van der Waals surface area contributed by atoms with E-state index in [4.69, 9.17) is 21.1 Å². The molecule has 2 aromatic carbocycles. The molecule has 0 bridgehead atoms. The van der Waals surface area contributed by atoms with E-state index in [-0.39, 0.29) is 28.7 Å². The lowest BCUT2D eigenvalue weighted by molar-refractivity contribution is -0.614. The van der Waals surface area contributed by atoms with Crippen molar-refractivity contribution in [2.75, 3.05) is 14.2 Å². The number of benzene rings is 2. The zero-order chi connectivity index (χ0) is 30.3. The first-order valence-corrected chi connectivity index (χ1v) is 14.3. The number of aromatic amines is 1. The van der Waals surface area contributed by atoms with Gasteiger partial charge in [-0.3, -0.25) is 4.79 Å². The number of tetrazole rings is 1. The Hall–Kier alpha value is -4.45. The Bertz CT molecular complexity index is 1690. The Morgan fingerprint density at radius 2 is 1.88 bits per heavy atom. The predicted molar refractivity (Wildman–Crippen MR) is 160 cm³/mol. The molecule has 0 atom stereocenters. The molecule has 0 amide bonds. The quantitative estimate of drug-likeness (QED) is 0.0850. The van der Waals surface area contributed by atoms with Gasteiger partial charge in [-0.05, 0) is 45.7 Å². The number of methoxy groups -OCH3 is 2. The Morgan fingerprint density at radius 3 is 2.56 bits per heavy atom. The molecule has 11 nitrogen and oxygen atoms in total. The second-order valence-corrected chi connectivity index (χ2v) is 10.4. The molecule has 5 rings (SSSR count).